The van der Waals surface area contributed by atoms with E-state index < -0.39 is 10.0 Å². The van der Waals surface area contributed by atoms with E-state index in [0.29, 0.717) is 25.9 Å². The molecule has 6 nitrogen and oxygen atoms in total. The third kappa shape index (κ3) is 2.26. The number of hydrogen-bond acceptors (Lipinski definition) is 5. The summed E-state index contributed by atoms with van der Waals surface area (Å²) in [5, 5.41) is -0.214. The molecule has 1 saturated heterocycles. The largest absolute Gasteiger partial charge is 0.440 e. The van der Waals surface area contributed by atoms with Crippen LogP contribution in [0.2, 0.25) is 0 Å². The molecule has 0 amide bonds. The van der Waals surface area contributed by atoms with Crippen LogP contribution in [-0.4, -0.2) is 45.3 Å². The number of hydrogen-bond donors (Lipinski definition) is 0. The number of aldehydes is 1. The highest BCUT2D eigenvalue weighted by atomic mass is 32.2. The predicted molar refractivity (Wildman–Crippen MR) is 58.3 cm³/mol. The quantitative estimate of drug-likeness (QED) is 0.736. The normalized spacial score (nSPS) is 20.9. The monoisotopic (exact) mass is 259 g/mol. The van der Waals surface area contributed by atoms with Gasteiger partial charge in [0.2, 0.25) is 5.09 Å². The van der Waals surface area contributed by atoms with Crippen molar-refractivity contribution in [2.45, 2.75) is 17.6 Å². The van der Waals surface area contributed by atoms with Crippen LogP contribution >= 0.6 is 0 Å². The van der Waals surface area contributed by atoms with Gasteiger partial charge in [0.25, 0.3) is 10.0 Å². The third-order valence-corrected chi connectivity index (χ3v) is 4.56. The second-order valence-corrected chi connectivity index (χ2v) is 5.74. The Morgan fingerprint density at radius 3 is 2.76 bits per heavy atom. The number of sulfonamides is 1. The lowest BCUT2D eigenvalue weighted by molar-refractivity contribution is 0.109. The molecule has 94 valence electrons. The number of nitrogens with zero attached hydrogens (tertiary/aromatic N) is 1. The average molecular weight is 259 g/mol. The average Bonchev–Trinajstić information content (AvgIpc) is 2.98. The third-order valence-electron chi connectivity index (χ3n) is 2.77. The number of carbonyl (C=O) groups excluding carboxylic acids is 1. The Morgan fingerprint density at radius 1 is 1.47 bits per heavy atom. The fraction of sp³-hybridized carbons (Fsp3) is 0.500. The number of rotatable bonds is 4. The lowest BCUT2D eigenvalue weighted by Gasteiger charge is -2.20. The van der Waals surface area contributed by atoms with Gasteiger partial charge in [0.15, 0.2) is 12.0 Å². The van der Waals surface area contributed by atoms with Gasteiger partial charge in [-0.05, 0) is 18.6 Å². The highest BCUT2D eigenvalue weighted by molar-refractivity contribution is 7.89. The van der Waals surface area contributed by atoms with Gasteiger partial charge < -0.3 is 9.15 Å². The maximum atomic E-state index is 12.1. The SMILES string of the molecule is CN(C1CCOC1)S(=O)(=O)c1ccc(C=O)o1. The minimum atomic E-state index is -3.68. The first-order valence-corrected chi connectivity index (χ1v) is 6.60. The van der Waals surface area contributed by atoms with Gasteiger partial charge in [0.1, 0.15) is 0 Å². The van der Waals surface area contributed by atoms with Gasteiger partial charge in [-0.1, -0.05) is 0 Å². The Kier molecular flexibility index (Phi) is 3.32. The summed E-state index contributed by atoms with van der Waals surface area (Å²) in [6.45, 7) is 0.944. The van der Waals surface area contributed by atoms with Gasteiger partial charge in [0.05, 0.1) is 12.6 Å². The molecule has 7 heteroatoms. The molecular formula is C10H13NO5S. The summed E-state index contributed by atoms with van der Waals surface area (Å²) in [7, 11) is -2.20. The van der Waals surface area contributed by atoms with Crippen LogP contribution in [0.25, 0.3) is 0 Å². The zero-order chi connectivity index (χ0) is 12.5. The summed E-state index contributed by atoms with van der Waals surface area (Å²) in [4.78, 5) is 10.5. The van der Waals surface area contributed by atoms with Crippen LogP contribution in [-0.2, 0) is 14.8 Å². The van der Waals surface area contributed by atoms with Crippen molar-refractivity contribution in [3.8, 4) is 0 Å². The van der Waals surface area contributed by atoms with Gasteiger partial charge >= 0.3 is 0 Å². The van der Waals surface area contributed by atoms with E-state index >= 15 is 0 Å². The van der Waals surface area contributed by atoms with Crippen LogP contribution < -0.4 is 0 Å². The Labute approximate surface area is 99.2 Å². The zero-order valence-corrected chi connectivity index (χ0v) is 10.1. The molecule has 1 aromatic rings. The Balaban J connectivity index is 2.25. The van der Waals surface area contributed by atoms with E-state index in [9.17, 15) is 13.2 Å². The zero-order valence-electron chi connectivity index (χ0n) is 9.33. The van der Waals surface area contributed by atoms with Crippen molar-refractivity contribution < 1.29 is 22.4 Å². The van der Waals surface area contributed by atoms with Crippen LogP contribution in [0.4, 0.5) is 0 Å². The van der Waals surface area contributed by atoms with Crippen LogP contribution in [0.3, 0.4) is 0 Å². The molecule has 1 unspecified atom stereocenters. The van der Waals surface area contributed by atoms with Crippen LogP contribution in [0.1, 0.15) is 17.0 Å². The lowest BCUT2D eigenvalue weighted by atomic mass is 10.3. The van der Waals surface area contributed by atoms with E-state index in [0.717, 1.165) is 0 Å². The molecular weight excluding hydrogens is 246 g/mol. The van der Waals surface area contributed by atoms with E-state index in [2.05, 4.69) is 0 Å². The first-order valence-electron chi connectivity index (χ1n) is 5.16. The highest BCUT2D eigenvalue weighted by Gasteiger charge is 2.32. The Hall–Kier alpha value is -1.18. The summed E-state index contributed by atoms with van der Waals surface area (Å²) in [6.07, 6.45) is 1.13. The van der Waals surface area contributed by atoms with E-state index in [1.807, 2.05) is 0 Å². The molecule has 2 heterocycles. The molecule has 0 spiro atoms. The van der Waals surface area contributed by atoms with Crippen LogP contribution in [0, 0.1) is 0 Å². The second-order valence-electron chi connectivity index (χ2n) is 3.81. The summed E-state index contributed by atoms with van der Waals surface area (Å²) in [6, 6.07) is 2.44. The first kappa shape index (κ1) is 12.3. The Bertz CT molecular complexity index is 501. The van der Waals surface area contributed by atoms with Crippen LogP contribution in [0.15, 0.2) is 21.6 Å². The number of carbonyl (C=O) groups is 1. The van der Waals surface area contributed by atoms with Crippen molar-refractivity contribution in [2.24, 2.45) is 0 Å². The number of furan rings is 1. The minimum absolute atomic E-state index is 0.000327. The van der Waals surface area contributed by atoms with Gasteiger partial charge in [-0.2, -0.15) is 4.31 Å². The standard InChI is InChI=1S/C10H13NO5S/c1-11(8-4-5-15-7-8)17(13,14)10-3-2-9(6-12)16-10/h2-3,6,8H,4-5,7H2,1H3. The van der Waals surface area contributed by atoms with Crippen molar-refractivity contribution in [3.63, 3.8) is 0 Å². The second kappa shape index (κ2) is 4.59. The molecule has 0 radical (unpaired) electrons. The summed E-state index contributed by atoms with van der Waals surface area (Å²) < 4.78 is 35.5. The molecule has 0 saturated carbocycles. The fourth-order valence-electron chi connectivity index (χ4n) is 1.68. The smallest absolute Gasteiger partial charge is 0.276 e. The fourth-order valence-corrected chi connectivity index (χ4v) is 2.97. The molecule has 1 atom stereocenters. The van der Waals surface area contributed by atoms with Crippen molar-refractivity contribution in [1.29, 1.82) is 0 Å². The molecule has 17 heavy (non-hydrogen) atoms. The van der Waals surface area contributed by atoms with Crippen molar-refractivity contribution >= 4 is 16.3 Å². The molecule has 0 aliphatic carbocycles. The molecule has 0 N–H and O–H groups in total. The summed E-state index contributed by atoms with van der Waals surface area (Å²) in [5.41, 5.74) is 0. The minimum Gasteiger partial charge on any atom is -0.440 e. The van der Waals surface area contributed by atoms with E-state index in [1.165, 1.54) is 23.5 Å². The predicted octanol–water partition coefficient (Wildman–Crippen LogP) is 0.502. The van der Waals surface area contributed by atoms with Gasteiger partial charge in [-0.15, -0.1) is 0 Å². The molecule has 2 rings (SSSR count). The van der Waals surface area contributed by atoms with Crippen molar-refractivity contribution in [1.82, 2.24) is 4.31 Å². The molecule has 0 aromatic carbocycles. The highest BCUT2D eigenvalue weighted by Crippen LogP contribution is 2.22. The first-order chi connectivity index (χ1) is 8.05. The summed E-state index contributed by atoms with van der Waals surface area (Å²) in [5.74, 6) is -0.000327. The van der Waals surface area contributed by atoms with Gasteiger partial charge in [-0.25, -0.2) is 8.42 Å². The molecule has 1 aliphatic heterocycles. The molecule has 1 aromatic heterocycles. The van der Waals surface area contributed by atoms with E-state index in [1.54, 1.807) is 0 Å². The molecule has 1 fully saturated rings. The molecule has 0 bridgehead atoms. The topological polar surface area (TPSA) is 76.8 Å². The van der Waals surface area contributed by atoms with E-state index in [4.69, 9.17) is 9.15 Å². The van der Waals surface area contributed by atoms with E-state index in [-0.39, 0.29) is 16.9 Å². The van der Waals surface area contributed by atoms with Gasteiger partial charge in [-0.3, -0.25) is 4.79 Å². The molecule has 1 aliphatic rings. The van der Waals surface area contributed by atoms with Crippen molar-refractivity contribution in [2.75, 3.05) is 20.3 Å². The van der Waals surface area contributed by atoms with Crippen molar-refractivity contribution in [3.05, 3.63) is 17.9 Å². The Morgan fingerprint density at radius 2 is 2.24 bits per heavy atom. The maximum Gasteiger partial charge on any atom is 0.276 e. The maximum absolute atomic E-state index is 12.1. The number of likely N-dealkylation sites (N-methyl/N-ethyl adjacent to an activating group) is 1. The number of ether oxygens (including phenoxy) is 1. The lowest BCUT2D eigenvalue weighted by Crippen LogP contribution is -2.37. The van der Waals surface area contributed by atoms with Crippen LogP contribution in [0.5, 0.6) is 0 Å². The summed E-state index contributed by atoms with van der Waals surface area (Å²) >= 11 is 0. The van der Waals surface area contributed by atoms with Gasteiger partial charge in [0, 0.05) is 13.7 Å².